The summed E-state index contributed by atoms with van der Waals surface area (Å²) in [5.74, 6) is -0.583. The van der Waals surface area contributed by atoms with Gasteiger partial charge in [-0.1, -0.05) is 155 Å². The summed E-state index contributed by atoms with van der Waals surface area (Å²) in [5.41, 5.74) is 0. The fourth-order valence-electron chi connectivity index (χ4n) is 4.85. The molecule has 0 aromatic rings. The second-order valence-corrected chi connectivity index (χ2v) is 11.3. The molecular weight excluding hydrogens is 476 g/mol. The van der Waals surface area contributed by atoms with Gasteiger partial charge in [0.2, 0.25) is 0 Å². The van der Waals surface area contributed by atoms with Crippen molar-refractivity contribution < 1.29 is 24.2 Å². The monoisotopic (exact) mass is 540 g/mol. The minimum Gasteiger partial charge on any atom is -0.462 e. The summed E-state index contributed by atoms with van der Waals surface area (Å²) in [6, 6.07) is 0. The van der Waals surface area contributed by atoms with Gasteiger partial charge in [0.25, 0.3) is 0 Å². The highest BCUT2D eigenvalue weighted by molar-refractivity contribution is 5.70. The Morgan fingerprint density at radius 1 is 0.500 bits per heavy atom. The summed E-state index contributed by atoms with van der Waals surface area (Å²) >= 11 is 0. The van der Waals surface area contributed by atoms with E-state index >= 15 is 0 Å². The number of hydrogen-bond acceptors (Lipinski definition) is 5. The molecule has 0 rings (SSSR count). The van der Waals surface area contributed by atoms with Crippen molar-refractivity contribution in [3.8, 4) is 0 Å². The van der Waals surface area contributed by atoms with E-state index in [4.69, 9.17) is 9.47 Å². The molecule has 0 saturated carbocycles. The Hall–Kier alpha value is -1.10. The standard InChI is InChI=1S/C33H64O5/c1-3-5-7-9-11-13-15-17-19-21-23-25-27-32(35)37-30-31(29-34)38-33(36)28-26-24-22-20-18-16-14-12-10-8-6-4-2/h31,34H,3-30H2,1-2H3/t31-/m1/s1. The van der Waals surface area contributed by atoms with Gasteiger partial charge in [-0.15, -0.1) is 0 Å². The van der Waals surface area contributed by atoms with Gasteiger partial charge in [0.05, 0.1) is 6.61 Å². The second-order valence-electron chi connectivity index (χ2n) is 11.3. The fraction of sp³-hybridized carbons (Fsp3) is 0.939. The number of esters is 2. The average molecular weight is 541 g/mol. The van der Waals surface area contributed by atoms with Crippen LogP contribution in [0.1, 0.15) is 181 Å². The number of carbonyl (C=O) groups excluding carboxylic acids is 2. The van der Waals surface area contributed by atoms with Gasteiger partial charge >= 0.3 is 11.9 Å². The van der Waals surface area contributed by atoms with Crippen LogP contribution in [0.3, 0.4) is 0 Å². The van der Waals surface area contributed by atoms with Crippen LogP contribution in [-0.2, 0) is 19.1 Å². The number of rotatable bonds is 30. The summed E-state index contributed by atoms with van der Waals surface area (Å²) in [4.78, 5) is 24.0. The average Bonchev–Trinajstić information content (AvgIpc) is 2.92. The maximum absolute atomic E-state index is 12.1. The largest absolute Gasteiger partial charge is 0.462 e. The van der Waals surface area contributed by atoms with Crippen molar-refractivity contribution in [2.24, 2.45) is 0 Å². The van der Waals surface area contributed by atoms with Crippen LogP contribution in [0, 0.1) is 0 Å². The molecule has 0 aromatic heterocycles. The van der Waals surface area contributed by atoms with E-state index in [1.807, 2.05) is 0 Å². The number of aliphatic hydroxyl groups excluding tert-OH is 1. The molecule has 0 aliphatic carbocycles. The van der Waals surface area contributed by atoms with Crippen LogP contribution in [0.25, 0.3) is 0 Å². The molecule has 38 heavy (non-hydrogen) atoms. The highest BCUT2D eigenvalue weighted by Crippen LogP contribution is 2.14. The van der Waals surface area contributed by atoms with E-state index in [9.17, 15) is 14.7 Å². The van der Waals surface area contributed by atoms with Gasteiger partial charge in [-0.05, 0) is 12.8 Å². The van der Waals surface area contributed by atoms with Crippen LogP contribution in [-0.4, -0.2) is 36.4 Å². The van der Waals surface area contributed by atoms with E-state index in [2.05, 4.69) is 13.8 Å². The van der Waals surface area contributed by atoms with Crippen LogP contribution < -0.4 is 0 Å². The van der Waals surface area contributed by atoms with E-state index in [-0.39, 0.29) is 25.2 Å². The Labute approximate surface area is 236 Å². The van der Waals surface area contributed by atoms with Crippen molar-refractivity contribution in [1.82, 2.24) is 0 Å². The summed E-state index contributed by atoms with van der Waals surface area (Å²) in [6.07, 6.45) is 30.1. The van der Waals surface area contributed by atoms with Crippen molar-refractivity contribution in [2.45, 2.75) is 187 Å². The molecule has 0 fully saturated rings. The molecule has 0 aliphatic heterocycles. The maximum atomic E-state index is 12.1. The van der Waals surface area contributed by atoms with Gasteiger partial charge in [0.15, 0.2) is 6.10 Å². The molecule has 0 unspecified atom stereocenters. The lowest BCUT2D eigenvalue weighted by Gasteiger charge is -2.15. The number of carbonyl (C=O) groups is 2. The third-order valence-corrected chi connectivity index (χ3v) is 7.40. The third-order valence-electron chi connectivity index (χ3n) is 7.40. The zero-order chi connectivity index (χ0) is 27.9. The molecule has 5 nitrogen and oxygen atoms in total. The minimum atomic E-state index is -0.759. The topological polar surface area (TPSA) is 72.8 Å². The lowest BCUT2D eigenvalue weighted by molar-refractivity contribution is -0.161. The van der Waals surface area contributed by atoms with E-state index in [0.717, 1.165) is 32.1 Å². The van der Waals surface area contributed by atoms with E-state index < -0.39 is 6.10 Å². The molecule has 1 atom stereocenters. The minimum absolute atomic E-state index is 0.0578. The van der Waals surface area contributed by atoms with Crippen molar-refractivity contribution >= 4 is 11.9 Å². The highest BCUT2D eigenvalue weighted by atomic mass is 16.6. The highest BCUT2D eigenvalue weighted by Gasteiger charge is 2.16. The molecule has 0 spiro atoms. The summed E-state index contributed by atoms with van der Waals surface area (Å²) in [5, 5.41) is 9.48. The molecule has 0 heterocycles. The van der Waals surface area contributed by atoms with E-state index in [1.165, 1.54) is 122 Å². The predicted octanol–water partition coefficient (Wildman–Crippen LogP) is 9.62. The fourth-order valence-corrected chi connectivity index (χ4v) is 4.85. The van der Waals surface area contributed by atoms with Gasteiger partial charge in [-0.3, -0.25) is 9.59 Å². The smallest absolute Gasteiger partial charge is 0.306 e. The summed E-state index contributed by atoms with van der Waals surface area (Å²) < 4.78 is 10.5. The first-order valence-electron chi connectivity index (χ1n) is 16.6. The molecule has 1 N–H and O–H groups in total. The van der Waals surface area contributed by atoms with Crippen LogP contribution >= 0.6 is 0 Å². The summed E-state index contributed by atoms with van der Waals surface area (Å²) in [6.45, 7) is 4.13. The van der Waals surface area contributed by atoms with Crippen LogP contribution in [0.5, 0.6) is 0 Å². The van der Waals surface area contributed by atoms with Crippen LogP contribution in [0.4, 0.5) is 0 Å². The lowest BCUT2D eigenvalue weighted by atomic mass is 10.0. The Balaban J connectivity index is 3.54. The number of unbranched alkanes of at least 4 members (excludes halogenated alkanes) is 22. The Bertz CT molecular complexity index is 508. The van der Waals surface area contributed by atoms with E-state index in [0.29, 0.717) is 12.8 Å². The van der Waals surface area contributed by atoms with Crippen molar-refractivity contribution in [2.75, 3.05) is 13.2 Å². The molecule has 5 heteroatoms. The van der Waals surface area contributed by atoms with Crippen molar-refractivity contribution in [3.63, 3.8) is 0 Å². The molecule has 0 aliphatic rings. The van der Waals surface area contributed by atoms with E-state index in [1.54, 1.807) is 0 Å². The Morgan fingerprint density at radius 3 is 1.16 bits per heavy atom. The van der Waals surface area contributed by atoms with Gasteiger partial charge in [-0.2, -0.15) is 0 Å². The predicted molar refractivity (Wildman–Crippen MR) is 159 cm³/mol. The molecule has 0 saturated heterocycles. The third kappa shape index (κ3) is 27.9. The van der Waals surface area contributed by atoms with Gasteiger partial charge in [0, 0.05) is 12.8 Å². The van der Waals surface area contributed by atoms with Crippen LogP contribution in [0.2, 0.25) is 0 Å². The van der Waals surface area contributed by atoms with Crippen molar-refractivity contribution in [1.29, 1.82) is 0 Å². The van der Waals surface area contributed by atoms with Crippen LogP contribution in [0.15, 0.2) is 0 Å². The quantitative estimate of drug-likeness (QED) is 0.0725. The molecular formula is C33H64O5. The Morgan fingerprint density at radius 2 is 0.816 bits per heavy atom. The zero-order valence-corrected chi connectivity index (χ0v) is 25.5. The number of ether oxygens (including phenoxy) is 2. The van der Waals surface area contributed by atoms with Gasteiger partial charge in [-0.25, -0.2) is 0 Å². The molecule has 0 bridgehead atoms. The normalized spacial score (nSPS) is 12.0. The first-order chi connectivity index (χ1) is 18.6. The first kappa shape index (κ1) is 36.9. The maximum Gasteiger partial charge on any atom is 0.306 e. The number of aliphatic hydroxyl groups is 1. The van der Waals surface area contributed by atoms with Gasteiger partial charge in [0.1, 0.15) is 6.61 Å². The van der Waals surface area contributed by atoms with Crippen molar-refractivity contribution in [3.05, 3.63) is 0 Å². The lowest BCUT2D eigenvalue weighted by Crippen LogP contribution is -2.28. The zero-order valence-electron chi connectivity index (χ0n) is 25.5. The molecule has 0 radical (unpaired) electrons. The molecule has 0 amide bonds. The Kier molecular flexibility index (Phi) is 29.6. The molecule has 226 valence electrons. The second kappa shape index (κ2) is 30.4. The number of hydrogen-bond donors (Lipinski definition) is 1. The van der Waals surface area contributed by atoms with Gasteiger partial charge < -0.3 is 14.6 Å². The molecule has 0 aromatic carbocycles. The first-order valence-corrected chi connectivity index (χ1v) is 16.6. The SMILES string of the molecule is CCCCCCCCCCCCCCC(=O)OC[C@@H](CO)OC(=O)CCCCCCCCCCCCCC. The summed E-state index contributed by atoms with van der Waals surface area (Å²) in [7, 11) is 0.